The first-order valence-corrected chi connectivity index (χ1v) is 5.91. The Morgan fingerprint density at radius 1 is 1.30 bits per heavy atom. The zero-order chi connectivity index (χ0) is 14.7. The van der Waals surface area contributed by atoms with Gasteiger partial charge in [0.15, 0.2) is 17.2 Å². The van der Waals surface area contributed by atoms with Gasteiger partial charge >= 0.3 is 0 Å². The molecule has 0 radical (unpaired) electrons. The molecule has 1 aliphatic carbocycles. The van der Waals surface area contributed by atoms with Crippen LogP contribution in [0.25, 0.3) is 0 Å². The average Bonchev–Trinajstić information content (AvgIpc) is 3.11. The molecule has 8 heteroatoms. The van der Waals surface area contributed by atoms with Crippen molar-refractivity contribution in [3.05, 3.63) is 29.3 Å². The summed E-state index contributed by atoms with van der Waals surface area (Å²) in [5.41, 5.74) is 7.82. The molecule has 3 rings (SSSR count). The Morgan fingerprint density at radius 2 is 2.00 bits per heavy atom. The van der Waals surface area contributed by atoms with Crippen LogP contribution in [-0.2, 0) is 10.3 Å². The standard InChI is InChI=1S/C12H11F4N3O/c13-7-2-4(17)1-6(9(7)14)12(10(15)16)5-3-8(5)20-11(18)19-12/h1-2,5,8,10H,3,17H2,(H2,18,19)/t5-,8?,12-/m0/s1. The van der Waals surface area contributed by atoms with Crippen LogP contribution in [0.1, 0.15) is 12.0 Å². The lowest BCUT2D eigenvalue weighted by Gasteiger charge is -2.33. The number of hydrogen-bond acceptors (Lipinski definition) is 4. The number of nitrogens with zero attached hydrogens (tertiary/aromatic N) is 1. The first kappa shape index (κ1) is 13.0. The van der Waals surface area contributed by atoms with E-state index < -0.39 is 47.2 Å². The van der Waals surface area contributed by atoms with Crippen molar-refractivity contribution in [2.45, 2.75) is 24.5 Å². The number of amidine groups is 1. The maximum Gasteiger partial charge on any atom is 0.283 e. The fourth-order valence-corrected chi connectivity index (χ4v) is 2.70. The zero-order valence-electron chi connectivity index (χ0n) is 10.1. The van der Waals surface area contributed by atoms with E-state index in [1.165, 1.54) is 0 Å². The van der Waals surface area contributed by atoms with Gasteiger partial charge in [-0.05, 0) is 18.6 Å². The van der Waals surface area contributed by atoms with Gasteiger partial charge < -0.3 is 16.2 Å². The molecule has 4 nitrogen and oxygen atoms in total. The van der Waals surface area contributed by atoms with E-state index in [0.717, 1.165) is 12.1 Å². The van der Waals surface area contributed by atoms with Gasteiger partial charge in [0.2, 0.25) is 0 Å². The monoisotopic (exact) mass is 289 g/mol. The van der Waals surface area contributed by atoms with Crippen LogP contribution in [0.15, 0.2) is 17.1 Å². The maximum atomic E-state index is 14.0. The summed E-state index contributed by atoms with van der Waals surface area (Å²) in [6.45, 7) is 0. The molecular formula is C12H11F4N3O. The zero-order valence-corrected chi connectivity index (χ0v) is 10.1. The van der Waals surface area contributed by atoms with Crippen molar-refractivity contribution < 1.29 is 22.3 Å². The van der Waals surface area contributed by atoms with Gasteiger partial charge in [-0.25, -0.2) is 22.6 Å². The molecule has 108 valence electrons. The Morgan fingerprint density at radius 3 is 2.65 bits per heavy atom. The molecule has 0 aromatic heterocycles. The molecule has 1 fully saturated rings. The third-order valence-electron chi connectivity index (χ3n) is 3.68. The summed E-state index contributed by atoms with van der Waals surface area (Å²) in [6.07, 6.45) is -3.36. The topological polar surface area (TPSA) is 73.6 Å². The van der Waals surface area contributed by atoms with Crippen LogP contribution in [0.2, 0.25) is 0 Å². The largest absolute Gasteiger partial charge is 0.462 e. The summed E-state index contributed by atoms with van der Waals surface area (Å²) in [7, 11) is 0. The van der Waals surface area contributed by atoms with Gasteiger partial charge in [-0.3, -0.25) is 0 Å². The molecule has 1 unspecified atom stereocenters. The van der Waals surface area contributed by atoms with Crippen LogP contribution < -0.4 is 11.5 Å². The molecule has 4 N–H and O–H groups in total. The van der Waals surface area contributed by atoms with E-state index in [-0.39, 0.29) is 12.1 Å². The lowest BCUT2D eigenvalue weighted by atomic mass is 9.84. The maximum absolute atomic E-state index is 14.0. The molecule has 1 aromatic carbocycles. The van der Waals surface area contributed by atoms with Gasteiger partial charge in [0.1, 0.15) is 6.10 Å². The van der Waals surface area contributed by atoms with E-state index in [1.54, 1.807) is 0 Å². The number of fused-ring (bicyclic) bond motifs is 1. The predicted octanol–water partition coefficient (Wildman–Crippen LogP) is 1.74. The van der Waals surface area contributed by atoms with Gasteiger partial charge in [-0.2, -0.15) is 0 Å². The highest BCUT2D eigenvalue weighted by atomic mass is 19.3. The molecule has 1 saturated carbocycles. The van der Waals surface area contributed by atoms with Crippen molar-refractivity contribution in [2.75, 3.05) is 5.73 Å². The fourth-order valence-electron chi connectivity index (χ4n) is 2.70. The van der Waals surface area contributed by atoms with E-state index in [9.17, 15) is 17.6 Å². The predicted molar refractivity (Wildman–Crippen MR) is 63.1 cm³/mol. The minimum Gasteiger partial charge on any atom is -0.462 e. The first-order valence-electron chi connectivity index (χ1n) is 5.91. The summed E-state index contributed by atoms with van der Waals surface area (Å²) in [6, 6.07) is 1.25. The molecule has 0 bridgehead atoms. The van der Waals surface area contributed by atoms with E-state index in [1.807, 2.05) is 0 Å². The Hall–Kier alpha value is -1.99. The summed E-state index contributed by atoms with van der Waals surface area (Å²) >= 11 is 0. The quantitative estimate of drug-likeness (QED) is 0.643. The molecule has 0 saturated heterocycles. The van der Waals surface area contributed by atoms with Gasteiger partial charge in [0, 0.05) is 17.2 Å². The smallest absolute Gasteiger partial charge is 0.283 e. The van der Waals surface area contributed by atoms with Crippen LogP contribution in [0.4, 0.5) is 23.2 Å². The van der Waals surface area contributed by atoms with Crippen molar-refractivity contribution in [1.82, 2.24) is 0 Å². The van der Waals surface area contributed by atoms with Gasteiger partial charge in [-0.15, -0.1) is 0 Å². The Labute approximate surface area is 111 Å². The number of hydrogen-bond donors (Lipinski definition) is 2. The second kappa shape index (κ2) is 4.00. The number of halogens is 4. The number of benzene rings is 1. The normalized spacial score (nSPS) is 31.6. The number of alkyl halides is 2. The van der Waals surface area contributed by atoms with E-state index in [4.69, 9.17) is 16.2 Å². The minimum absolute atomic E-state index is 0.156. The van der Waals surface area contributed by atoms with Gasteiger partial charge in [-0.1, -0.05) is 0 Å². The molecule has 0 amide bonds. The summed E-state index contributed by atoms with van der Waals surface area (Å²) in [4.78, 5) is 3.61. The fraction of sp³-hybridized carbons (Fsp3) is 0.417. The molecule has 3 atom stereocenters. The summed E-state index contributed by atoms with van der Waals surface area (Å²) in [5.74, 6) is -3.42. The number of anilines is 1. The highest BCUT2D eigenvalue weighted by molar-refractivity contribution is 5.74. The molecule has 20 heavy (non-hydrogen) atoms. The number of nitrogen functional groups attached to an aromatic ring is 1. The molecule has 2 aliphatic rings. The first-order chi connectivity index (χ1) is 9.36. The van der Waals surface area contributed by atoms with Crippen molar-refractivity contribution in [1.29, 1.82) is 0 Å². The van der Waals surface area contributed by atoms with Crippen LogP contribution in [-0.4, -0.2) is 18.6 Å². The number of ether oxygens (including phenoxy) is 1. The van der Waals surface area contributed by atoms with Crippen LogP contribution in [0, 0.1) is 17.6 Å². The third kappa shape index (κ3) is 1.63. The Bertz CT molecular complexity index is 607. The molecular weight excluding hydrogens is 278 g/mol. The summed E-state index contributed by atoms with van der Waals surface area (Å²) < 4.78 is 59.7. The number of nitrogens with two attached hydrogens (primary N) is 2. The Balaban J connectivity index is 2.25. The van der Waals surface area contributed by atoms with Crippen LogP contribution in [0.5, 0.6) is 0 Å². The second-order valence-electron chi connectivity index (χ2n) is 4.94. The second-order valence-corrected chi connectivity index (χ2v) is 4.94. The highest BCUT2D eigenvalue weighted by Gasteiger charge is 2.64. The SMILES string of the molecule is NC1=N[C@@](c2cc(N)cc(F)c2F)(C(F)F)[C@H]2CC2O1. The molecule has 0 spiro atoms. The van der Waals surface area contributed by atoms with Gasteiger partial charge in [0.25, 0.3) is 12.4 Å². The Kier molecular flexibility index (Phi) is 2.60. The number of aliphatic imine (C=N–C) groups is 1. The molecule has 1 aliphatic heterocycles. The minimum atomic E-state index is -3.06. The van der Waals surface area contributed by atoms with Crippen LogP contribution >= 0.6 is 0 Å². The van der Waals surface area contributed by atoms with Crippen molar-refractivity contribution in [3.63, 3.8) is 0 Å². The van der Waals surface area contributed by atoms with Crippen molar-refractivity contribution >= 4 is 11.7 Å². The molecule has 1 heterocycles. The van der Waals surface area contributed by atoms with E-state index in [2.05, 4.69) is 4.99 Å². The number of rotatable bonds is 2. The van der Waals surface area contributed by atoms with Crippen molar-refractivity contribution in [2.24, 2.45) is 16.6 Å². The average molecular weight is 289 g/mol. The van der Waals surface area contributed by atoms with Crippen molar-refractivity contribution in [3.8, 4) is 0 Å². The third-order valence-corrected chi connectivity index (χ3v) is 3.68. The highest BCUT2D eigenvalue weighted by Crippen LogP contribution is 2.56. The molecule has 1 aromatic rings. The lowest BCUT2D eigenvalue weighted by Crippen LogP contribution is -2.43. The van der Waals surface area contributed by atoms with Crippen LogP contribution in [0.3, 0.4) is 0 Å². The lowest BCUT2D eigenvalue weighted by molar-refractivity contribution is 0.0173. The van der Waals surface area contributed by atoms with Gasteiger partial charge in [0.05, 0.1) is 0 Å². The summed E-state index contributed by atoms with van der Waals surface area (Å²) in [5, 5.41) is 0. The van der Waals surface area contributed by atoms with E-state index >= 15 is 0 Å². The van der Waals surface area contributed by atoms with E-state index in [0.29, 0.717) is 0 Å².